The van der Waals surface area contributed by atoms with E-state index in [-0.39, 0.29) is 11.3 Å². The number of carboxylic acids is 1. The van der Waals surface area contributed by atoms with Gasteiger partial charge < -0.3 is 14.4 Å². The van der Waals surface area contributed by atoms with E-state index in [0.29, 0.717) is 12.3 Å². The molecule has 4 rings (SSSR count). The van der Waals surface area contributed by atoms with E-state index in [1.807, 2.05) is 20.4 Å². The lowest BCUT2D eigenvalue weighted by Gasteiger charge is -2.40. The maximum absolute atomic E-state index is 12.3. The van der Waals surface area contributed by atoms with Crippen molar-refractivity contribution >= 4 is 11.9 Å². The number of fused-ring (bicyclic) bond motifs is 2. The number of carbonyl (C=O) groups excluding carboxylic acids is 1. The smallest absolute Gasteiger partial charge is 0.475 e. The summed E-state index contributed by atoms with van der Waals surface area (Å²) in [6.07, 6.45) is 2.61. The zero-order chi connectivity index (χ0) is 24.2. The van der Waals surface area contributed by atoms with Crippen LogP contribution in [0.25, 0.3) is 0 Å². The molecule has 1 spiro atoms. The van der Waals surface area contributed by atoms with Crippen LogP contribution in [-0.2, 0) is 21.5 Å². The van der Waals surface area contributed by atoms with E-state index in [4.69, 9.17) is 14.3 Å². The van der Waals surface area contributed by atoms with Crippen molar-refractivity contribution in [2.75, 3.05) is 27.2 Å². The van der Waals surface area contributed by atoms with Gasteiger partial charge in [0.05, 0.1) is 12.5 Å². The summed E-state index contributed by atoms with van der Waals surface area (Å²) in [5.74, 6) is -2.16. The standard InChI is InChI=1S/C22H28N2O2.C2HF3O2/c1-23(2)21(25)13-18-14-22(20-6-4-3-5-19(18)20)8-10-24(11-9-22)15-17-7-12-26-16-17;3-2(4,5)1(6)7/h3-7,12,16,18H,8-11,13-15H2,1-2H3;(H,6,7). The fourth-order valence-corrected chi connectivity index (χ4v) is 4.86. The highest BCUT2D eigenvalue weighted by Crippen LogP contribution is 2.52. The number of nitrogens with zero attached hydrogens (tertiary/aromatic N) is 2. The van der Waals surface area contributed by atoms with Crippen molar-refractivity contribution in [3.63, 3.8) is 0 Å². The van der Waals surface area contributed by atoms with Crippen molar-refractivity contribution in [1.29, 1.82) is 0 Å². The fourth-order valence-electron chi connectivity index (χ4n) is 4.86. The topological polar surface area (TPSA) is 74.0 Å². The summed E-state index contributed by atoms with van der Waals surface area (Å²) in [7, 11) is 3.71. The molecule has 180 valence electrons. The summed E-state index contributed by atoms with van der Waals surface area (Å²) in [5.41, 5.74) is 4.41. The quantitative estimate of drug-likeness (QED) is 0.723. The van der Waals surface area contributed by atoms with Crippen molar-refractivity contribution in [2.24, 2.45) is 0 Å². The van der Waals surface area contributed by atoms with Gasteiger partial charge in [-0.3, -0.25) is 9.69 Å². The first-order chi connectivity index (χ1) is 15.5. The number of aliphatic carboxylic acids is 1. The lowest BCUT2D eigenvalue weighted by atomic mass is 9.73. The number of piperidine rings is 1. The molecule has 1 saturated heterocycles. The van der Waals surface area contributed by atoms with E-state index in [0.717, 1.165) is 26.1 Å². The molecule has 1 aliphatic carbocycles. The van der Waals surface area contributed by atoms with Gasteiger partial charge in [-0.05, 0) is 60.9 Å². The number of alkyl halides is 3. The van der Waals surface area contributed by atoms with Gasteiger partial charge in [0.15, 0.2) is 0 Å². The lowest BCUT2D eigenvalue weighted by Crippen LogP contribution is -2.41. The number of amides is 1. The van der Waals surface area contributed by atoms with Gasteiger partial charge in [-0.15, -0.1) is 0 Å². The maximum atomic E-state index is 12.3. The Morgan fingerprint density at radius 3 is 2.36 bits per heavy atom. The third-order valence-corrected chi connectivity index (χ3v) is 6.57. The van der Waals surface area contributed by atoms with Crippen molar-refractivity contribution in [1.82, 2.24) is 9.80 Å². The molecule has 1 amide bonds. The molecule has 1 N–H and O–H groups in total. The summed E-state index contributed by atoms with van der Waals surface area (Å²) in [4.78, 5) is 25.5. The van der Waals surface area contributed by atoms with Gasteiger partial charge >= 0.3 is 12.1 Å². The van der Waals surface area contributed by atoms with Crippen LogP contribution < -0.4 is 0 Å². The number of hydrogen-bond acceptors (Lipinski definition) is 4. The first kappa shape index (κ1) is 24.8. The minimum atomic E-state index is -5.08. The van der Waals surface area contributed by atoms with Crippen LogP contribution in [0.5, 0.6) is 0 Å². The Morgan fingerprint density at radius 2 is 1.82 bits per heavy atom. The molecule has 2 aromatic rings. The minimum absolute atomic E-state index is 0.235. The molecule has 1 unspecified atom stereocenters. The van der Waals surface area contributed by atoms with Gasteiger partial charge in [-0.1, -0.05) is 24.3 Å². The molecule has 1 atom stereocenters. The number of rotatable bonds is 4. The number of carbonyl (C=O) groups is 2. The molecule has 6 nitrogen and oxygen atoms in total. The lowest BCUT2D eigenvalue weighted by molar-refractivity contribution is -0.192. The summed E-state index contributed by atoms with van der Waals surface area (Å²) in [6.45, 7) is 3.18. The third kappa shape index (κ3) is 5.96. The van der Waals surface area contributed by atoms with E-state index < -0.39 is 12.1 Å². The number of carboxylic acid groups (broad SMARTS) is 1. The van der Waals surface area contributed by atoms with Gasteiger partial charge in [0.25, 0.3) is 0 Å². The number of benzene rings is 1. The molecule has 0 saturated carbocycles. The Morgan fingerprint density at radius 1 is 1.18 bits per heavy atom. The third-order valence-electron chi connectivity index (χ3n) is 6.57. The Labute approximate surface area is 191 Å². The largest absolute Gasteiger partial charge is 0.490 e. The van der Waals surface area contributed by atoms with Crippen LogP contribution in [0, 0.1) is 0 Å². The van der Waals surface area contributed by atoms with E-state index in [1.165, 1.54) is 29.5 Å². The molecule has 1 fully saturated rings. The molecule has 1 aliphatic heterocycles. The van der Waals surface area contributed by atoms with Crippen LogP contribution in [-0.4, -0.2) is 60.1 Å². The Kier molecular flexibility index (Phi) is 7.51. The second kappa shape index (κ2) is 9.99. The molecular formula is C24H29F3N2O4. The van der Waals surface area contributed by atoms with Gasteiger partial charge in [0, 0.05) is 32.6 Å². The van der Waals surface area contributed by atoms with E-state index in [2.05, 4.69) is 35.2 Å². The van der Waals surface area contributed by atoms with Crippen LogP contribution in [0.15, 0.2) is 47.3 Å². The van der Waals surface area contributed by atoms with Gasteiger partial charge in [-0.25, -0.2) is 4.79 Å². The van der Waals surface area contributed by atoms with Gasteiger partial charge in [0.2, 0.25) is 5.91 Å². The molecule has 1 aromatic carbocycles. The number of halogens is 3. The van der Waals surface area contributed by atoms with Crippen LogP contribution in [0.2, 0.25) is 0 Å². The highest BCUT2D eigenvalue weighted by atomic mass is 19.4. The van der Waals surface area contributed by atoms with Crippen molar-refractivity contribution < 1.29 is 32.3 Å². The second-order valence-electron chi connectivity index (χ2n) is 8.97. The Bertz CT molecular complexity index is 949. The van der Waals surface area contributed by atoms with Gasteiger partial charge in [-0.2, -0.15) is 13.2 Å². The zero-order valence-corrected chi connectivity index (χ0v) is 18.8. The normalized spacial score (nSPS) is 19.5. The SMILES string of the molecule is CN(C)C(=O)CC1CC2(CCN(Cc3ccoc3)CC2)c2ccccc21.O=C(O)C(F)(F)F. The highest BCUT2D eigenvalue weighted by molar-refractivity contribution is 5.77. The monoisotopic (exact) mass is 466 g/mol. The van der Waals surface area contributed by atoms with Crippen molar-refractivity contribution in [2.45, 2.75) is 49.7 Å². The maximum Gasteiger partial charge on any atom is 0.490 e. The molecule has 9 heteroatoms. The Balaban J connectivity index is 0.000000383. The molecule has 2 aliphatic rings. The summed E-state index contributed by atoms with van der Waals surface area (Å²) >= 11 is 0. The average Bonchev–Trinajstić information content (AvgIpc) is 3.37. The zero-order valence-electron chi connectivity index (χ0n) is 18.8. The summed E-state index contributed by atoms with van der Waals surface area (Å²) in [6, 6.07) is 10.9. The van der Waals surface area contributed by atoms with Gasteiger partial charge in [0.1, 0.15) is 0 Å². The van der Waals surface area contributed by atoms with Crippen LogP contribution in [0.1, 0.15) is 48.3 Å². The predicted octanol–water partition coefficient (Wildman–Crippen LogP) is 4.41. The molecule has 1 aromatic heterocycles. The van der Waals surface area contributed by atoms with E-state index in [1.54, 1.807) is 11.2 Å². The molecule has 2 heterocycles. The van der Waals surface area contributed by atoms with E-state index in [9.17, 15) is 18.0 Å². The molecule has 0 radical (unpaired) electrons. The highest BCUT2D eigenvalue weighted by Gasteiger charge is 2.45. The second-order valence-corrected chi connectivity index (χ2v) is 8.97. The predicted molar refractivity (Wildman–Crippen MR) is 116 cm³/mol. The number of hydrogen-bond donors (Lipinski definition) is 1. The number of likely N-dealkylation sites (tertiary alicyclic amines) is 1. The van der Waals surface area contributed by atoms with E-state index >= 15 is 0 Å². The van der Waals surface area contributed by atoms with Crippen LogP contribution in [0.4, 0.5) is 13.2 Å². The van der Waals surface area contributed by atoms with Crippen LogP contribution in [0.3, 0.4) is 0 Å². The molecule has 0 bridgehead atoms. The fraction of sp³-hybridized carbons (Fsp3) is 0.500. The Hall–Kier alpha value is -2.81. The number of furan rings is 1. The average molecular weight is 467 g/mol. The minimum Gasteiger partial charge on any atom is -0.475 e. The first-order valence-electron chi connectivity index (χ1n) is 10.8. The molecular weight excluding hydrogens is 437 g/mol. The first-order valence-corrected chi connectivity index (χ1v) is 10.8. The van der Waals surface area contributed by atoms with Crippen LogP contribution >= 0.6 is 0 Å². The summed E-state index contributed by atoms with van der Waals surface area (Å²) < 4.78 is 36.9. The summed E-state index contributed by atoms with van der Waals surface area (Å²) in [5, 5.41) is 7.12. The van der Waals surface area contributed by atoms with Crippen molar-refractivity contribution in [3.05, 3.63) is 59.5 Å². The van der Waals surface area contributed by atoms with Crippen molar-refractivity contribution in [3.8, 4) is 0 Å². The molecule has 33 heavy (non-hydrogen) atoms.